The van der Waals surface area contributed by atoms with Crippen LogP contribution in [0.5, 0.6) is 0 Å². The van der Waals surface area contributed by atoms with Crippen molar-refractivity contribution < 1.29 is 13.6 Å². The first kappa shape index (κ1) is 15.8. The molecule has 2 aromatic carbocycles. The van der Waals surface area contributed by atoms with Gasteiger partial charge in [0.25, 0.3) is 0 Å². The van der Waals surface area contributed by atoms with E-state index >= 15 is 0 Å². The van der Waals surface area contributed by atoms with Gasteiger partial charge >= 0.3 is 0 Å². The molecule has 0 saturated carbocycles. The summed E-state index contributed by atoms with van der Waals surface area (Å²) in [6.45, 7) is 0. The summed E-state index contributed by atoms with van der Waals surface area (Å²) in [4.78, 5) is 12.4. The first-order valence-electron chi connectivity index (χ1n) is 5.77. The predicted octanol–water partition coefficient (Wildman–Crippen LogP) is 4.98. The minimum atomic E-state index is -1.27. The Morgan fingerprint density at radius 2 is 1.71 bits per heavy atom. The number of rotatable bonds is 3. The molecule has 0 heterocycles. The van der Waals surface area contributed by atoms with Gasteiger partial charge in [0.1, 0.15) is 17.6 Å². The largest absolute Gasteiger partial charge is 0.292 e. The first-order valence-corrected chi connectivity index (χ1v) is 7.36. The Morgan fingerprint density at radius 3 is 2.24 bits per heavy atom. The van der Waals surface area contributed by atoms with Gasteiger partial charge in [-0.2, -0.15) is 5.26 Å². The number of hydrogen-bond acceptors (Lipinski definition) is 2. The number of nitrogens with zero attached hydrogens (tertiary/aromatic N) is 1. The van der Waals surface area contributed by atoms with E-state index in [1.165, 1.54) is 6.07 Å². The third kappa shape index (κ3) is 3.55. The molecule has 2 aromatic rings. The summed E-state index contributed by atoms with van der Waals surface area (Å²) in [6, 6.07) is 9.32. The molecule has 0 bridgehead atoms. The van der Waals surface area contributed by atoms with Crippen molar-refractivity contribution in [2.75, 3.05) is 0 Å². The van der Waals surface area contributed by atoms with E-state index in [1.54, 1.807) is 18.2 Å². The summed E-state index contributed by atoms with van der Waals surface area (Å²) in [6.07, 6.45) is 0. The van der Waals surface area contributed by atoms with Crippen molar-refractivity contribution in [3.8, 4) is 6.07 Å². The van der Waals surface area contributed by atoms with Crippen molar-refractivity contribution in [1.29, 1.82) is 5.26 Å². The van der Waals surface area contributed by atoms with Crippen LogP contribution in [0.25, 0.3) is 0 Å². The third-order valence-corrected chi connectivity index (χ3v) is 3.96. The van der Waals surface area contributed by atoms with E-state index in [2.05, 4.69) is 31.9 Å². The molecule has 0 saturated heterocycles. The number of halogens is 4. The van der Waals surface area contributed by atoms with Crippen LogP contribution in [0.3, 0.4) is 0 Å². The van der Waals surface area contributed by atoms with E-state index in [4.69, 9.17) is 0 Å². The lowest BCUT2D eigenvalue weighted by Crippen LogP contribution is -2.12. The van der Waals surface area contributed by atoms with Gasteiger partial charge in [-0.15, -0.1) is 0 Å². The monoisotopic (exact) mass is 413 g/mol. The second kappa shape index (κ2) is 6.46. The van der Waals surface area contributed by atoms with Gasteiger partial charge in [0.15, 0.2) is 5.78 Å². The van der Waals surface area contributed by atoms with Crippen molar-refractivity contribution >= 4 is 37.6 Å². The van der Waals surface area contributed by atoms with Gasteiger partial charge in [0, 0.05) is 20.6 Å². The van der Waals surface area contributed by atoms with Crippen molar-refractivity contribution in [1.82, 2.24) is 0 Å². The van der Waals surface area contributed by atoms with Crippen LogP contribution in [0, 0.1) is 23.0 Å². The Labute approximate surface area is 136 Å². The number of benzene rings is 2. The molecule has 0 radical (unpaired) electrons. The Kier molecular flexibility index (Phi) is 4.86. The maximum absolute atomic E-state index is 13.2. The molecule has 0 aliphatic heterocycles. The highest BCUT2D eigenvalue weighted by atomic mass is 79.9. The van der Waals surface area contributed by atoms with E-state index in [1.807, 2.05) is 0 Å². The maximum Gasteiger partial charge on any atom is 0.185 e. The van der Waals surface area contributed by atoms with Gasteiger partial charge in [0.2, 0.25) is 0 Å². The van der Waals surface area contributed by atoms with Crippen LogP contribution in [0.2, 0.25) is 0 Å². The average molecular weight is 415 g/mol. The van der Waals surface area contributed by atoms with Crippen LogP contribution in [-0.2, 0) is 0 Å². The van der Waals surface area contributed by atoms with E-state index in [0.717, 1.165) is 16.6 Å². The maximum atomic E-state index is 13.2. The number of hydrogen-bond donors (Lipinski definition) is 0. The normalized spacial score (nSPS) is 11.8. The Balaban J connectivity index is 2.46. The van der Waals surface area contributed by atoms with E-state index in [-0.39, 0.29) is 11.1 Å². The number of ketones is 1. The average Bonchev–Trinajstić information content (AvgIpc) is 2.38. The molecule has 2 nitrogen and oxygen atoms in total. The van der Waals surface area contributed by atoms with Gasteiger partial charge in [0.05, 0.1) is 6.07 Å². The highest BCUT2D eigenvalue weighted by Crippen LogP contribution is 2.28. The lowest BCUT2D eigenvalue weighted by molar-refractivity contribution is 0.0978. The van der Waals surface area contributed by atoms with Crippen molar-refractivity contribution in [3.05, 3.63) is 68.1 Å². The molecule has 2 rings (SSSR count). The highest BCUT2D eigenvalue weighted by molar-refractivity contribution is 9.11. The quantitative estimate of drug-likeness (QED) is 0.664. The molecule has 21 heavy (non-hydrogen) atoms. The molecule has 0 aliphatic carbocycles. The summed E-state index contributed by atoms with van der Waals surface area (Å²) in [5, 5.41) is 9.20. The van der Waals surface area contributed by atoms with Gasteiger partial charge in [-0.1, -0.05) is 31.9 Å². The molecule has 106 valence electrons. The standard InChI is InChI=1S/C15H7Br2F2NO/c16-9-1-2-12(14(17)5-9)15(21)13(7-20)8-3-10(18)6-11(19)4-8/h1-6,13H. The topological polar surface area (TPSA) is 40.9 Å². The fraction of sp³-hybridized carbons (Fsp3) is 0.0667. The molecular weight excluding hydrogens is 408 g/mol. The molecule has 6 heteroatoms. The Hall–Kier alpha value is -1.58. The van der Waals surface area contributed by atoms with Crippen molar-refractivity contribution in [3.63, 3.8) is 0 Å². The second-order valence-electron chi connectivity index (χ2n) is 4.25. The summed E-state index contributed by atoms with van der Waals surface area (Å²) in [7, 11) is 0. The zero-order valence-corrected chi connectivity index (χ0v) is 13.6. The summed E-state index contributed by atoms with van der Waals surface area (Å²) >= 11 is 6.50. The Bertz CT molecular complexity index is 736. The lowest BCUT2D eigenvalue weighted by Gasteiger charge is -2.11. The Morgan fingerprint density at radius 1 is 1.10 bits per heavy atom. The van der Waals surface area contributed by atoms with Crippen LogP contribution < -0.4 is 0 Å². The molecule has 1 atom stereocenters. The van der Waals surface area contributed by atoms with Crippen molar-refractivity contribution in [2.24, 2.45) is 0 Å². The SMILES string of the molecule is N#CC(C(=O)c1ccc(Br)cc1Br)c1cc(F)cc(F)c1. The molecule has 0 amide bonds. The number of carbonyl (C=O) groups is 1. The van der Waals surface area contributed by atoms with Crippen LogP contribution in [0.4, 0.5) is 8.78 Å². The fourth-order valence-corrected chi connectivity index (χ4v) is 3.11. The molecule has 0 aliphatic rings. The predicted molar refractivity (Wildman–Crippen MR) is 80.9 cm³/mol. The molecule has 0 fully saturated rings. The molecular formula is C15H7Br2F2NO. The fourth-order valence-electron chi connectivity index (χ4n) is 1.87. The molecule has 0 aromatic heterocycles. The van der Waals surface area contributed by atoms with E-state index in [0.29, 0.717) is 10.5 Å². The molecule has 0 N–H and O–H groups in total. The smallest absolute Gasteiger partial charge is 0.185 e. The second-order valence-corrected chi connectivity index (χ2v) is 6.02. The van der Waals surface area contributed by atoms with Crippen LogP contribution >= 0.6 is 31.9 Å². The lowest BCUT2D eigenvalue weighted by atomic mass is 9.92. The van der Waals surface area contributed by atoms with Crippen LogP contribution in [-0.4, -0.2) is 5.78 Å². The zero-order chi connectivity index (χ0) is 15.6. The number of nitriles is 1. The van der Waals surface area contributed by atoms with Gasteiger partial charge < -0.3 is 0 Å². The minimum Gasteiger partial charge on any atom is -0.292 e. The highest BCUT2D eigenvalue weighted by Gasteiger charge is 2.24. The molecule has 0 spiro atoms. The van der Waals surface area contributed by atoms with Gasteiger partial charge in [-0.05, 0) is 35.9 Å². The third-order valence-electron chi connectivity index (χ3n) is 2.81. The van der Waals surface area contributed by atoms with Gasteiger partial charge in [-0.3, -0.25) is 4.79 Å². The number of Topliss-reactive ketones (excluding diaryl/α,β-unsaturated/α-hetero) is 1. The van der Waals surface area contributed by atoms with E-state index in [9.17, 15) is 18.8 Å². The summed E-state index contributed by atoms with van der Waals surface area (Å²) < 4.78 is 27.8. The zero-order valence-electron chi connectivity index (χ0n) is 10.4. The first-order chi connectivity index (χ1) is 9.92. The van der Waals surface area contributed by atoms with E-state index < -0.39 is 23.3 Å². The summed E-state index contributed by atoms with van der Waals surface area (Å²) in [5.74, 6) is -3.45. The van der Waals surface area contributed by atoms with Crippen molar-refractivity contribution in [2.45, 2.75) is 5.92 Å². The van der Waals surface area contributed by atoms with Crippen LogP contribution in [0.1, 0.15) is 21.8 Å². The van der Waals surface area contributed by atoms with Crippen LogP contribution in [0.15, 0.2) is 45.3 Å². The molecule has 1 unspecified atom stereocenters. The number of carbonyl (C=O) groups excluding carboxylic acids is 1. The minimum absolute atomic E-state index is 0.00480. The van der Waals surface area contributed by atoms with Gasteiger partial charge in [-0.25, -0.2) is 8.78 Å². The summed E-state index contributed by atoms with van der Waals surface area (Å²) in [5.41, 5.74) is 0.268.